The Kier molecular flexibility index (Phi) is 6.17. The van der Waals surface area contributed by atoms with Crippen LogP contribution in [0.15, 0.2) is 46.9 Å². The van der Waals surface area contributed by atoms with Gasteiger partial charge in [-0.15, -0.1) is 5.10 Å². The zero-order valence-electron chi connectivity index (χ0n) is 19.2. The molecule has 1 aliphatic rings. The average Bonchev–Trinajstić information content (AvgIpc) is 3.45. The third-order valence-electron chi connectivity index (χ3n) is 6.42. The second-order valence-electron chi connectivity index (χ2n) is 8.98. The lowest BCUT2D eigenvalue weighted by Crippen LogP contribution is -2.16. The fourth-order valence-electron chi connectivity index (χ4n) is 4.67. The van der Waals surface area contributed by atoms with Gasteiger partial charge in [-0.3, -0.25) is 9.59 Å². The summed E-state index contributed by atoms with van der Waals surface area (Å²) in [6, 6.07) is 13.4. The average molecular weight is 475 g/mol. The van der Waals surface area contributed by atoms with Crippen LogP contribution in [0.4, 0.5) is 17.4 Å². The number of carbonyl (C=O) groups is 2. The van der Waals surface area contributed by atoms with E-state index >= 15 is 0 Å². The lowest BCUT2D eigenvalue weighted by Gasteiger charge is -2.28. The summed E-state index contributed by atoms with van der Waals surface area (Å²) in [6.07, 6.45) is 4.07. The van der Waals surface area contributed by atoms with Crippen LogP contribution in [0.3, 0.4) is 0 Å². The number of benzene rings is 2. The summed E-state index contributed by atoms with van der Waals surface area (Å²) in [5.41, 5.74) is 4.29. The molecule has 1 fully saturated rings. The third-order valence-corrected chi connectivity index (χ3v) is 6.42. The first kappa shape index (κ1) is 22.6. The molecule has 35 heavy (non-hydrogen) atoms. The number of anilines is 3. The number of nitrogens with one attached hydrogen (secondary N) is 3. The number of hydrogen-bond donors (Lipinski definition) is 4. The molecule has 2 heterocycles. The van der Waals surface area contributed by atoms with E-state index in [1.54, 1.807) is 0 Å². The molecule has 0 saturated heterocycles. The minimum Gasteiger partial charge on any atom is -0.481 e. The maximum absolute atomic E-state index is 12.6. The van der Waals surface area contributed by atoms with Gasteiger partial charge in [0.15, 0.2) is 0 Å². The molecule has 0 radical (unpaired) electrons. The summed E-state index contributed by atoms with van der Waals surface area (Å²) in [7, 11) is 0. The minimum atomic E-state index is -0.719. The number of carboxylic acids is 1. The second kappa shape index (κ2) is 9.57. The molecule has 10 nitrogen and oxygen atoms in total. The van der Waals surface area contributed by atoms with Gasteiger partial charge in [0, 0.05) is 17.8 Å². The molecule has 1 amide bonds. The van der Waals surface area contributed by atoms with Crippen molar-refractivity contribution < 1.29 is 19.1 Å². The quantitative estimate of drug-likeness (QED) is 0.293. The number of H-pyrrole nitrogens is 1. The molecule has 0 bridgehead atoms. The van der Waals surface area contributed by atoms with E-state index in [0.29, 0.717) is 11.6 Å². The number of nitrogens with zero attached hydrogens (tertiary/aromatic N) is 3. The summed E-state index contributed by atoms with van der Waals surface area (Å²) in [4.78, 5) is 31.0. The number of hydrogen-bond acceptors (Lipinski definition) is 7. The van der Waals surface area contributed by atoms with E-state index in [4.69, 9.17) is 9.52 Å². The molecule has 4 N–H and O–H groups in total. The molecule has 0 atom stereocenters. The predicted octanol–water partition coefficient (Wildman–Crippen LogP) is 5.00. The van der Waals surface area contributed by atoms with E-state index in [0.717, 1.165) is 48.2 Å². The van der Waals surface area contributed by atoms with Crippen molar-refractivity contribution in [3.05, 3.63) is 59.7 Å². The van der Waals surface area contributed by atoms with Gasteiger partial charge in [-0.1, -0.05) is 17.2 Å². The monoisotopic (exact) mass is 474 g/mol. The first-order valence-electron chi connectivity index (χ1n) is 11.6. The van der Waals surface area contributed by atoms with E-state index in [-0.39, 0.29) is 24.2 Å². The number of carboxylic acid groups (broad SMARTS) is 1. The van der Waals surface area contributed by atoms with Crippen molar-refractivity contribution in [2.24, 2.45) is 5.92 Å². The number of amides is 1. The van der Waals surface area contributed by atoms with Crippen molar-refractivity contribution in [3.63, 3.8) is 0 Å². The van der Waals surface area contributed by atoms with Gasteiger partial charge in [-0.25, -0.2) is 4.98 Å². The molecule has 4 aromatic rings. The van der Waals surface area contributed by atoms with Gasteiger partial charge in [0.25, 0.3) is 0 Å². The van der Waals surface area contributed by atoms with Crippen LogP contribution in [0.25, 0.3) is 11.0 Å². The van der Waals surface area contributed by atoms with Crippen LogP contribution in [0, 0.1) is 12.8 Å². The zero-order valence-corrected chi connectivity index (χ0v) is 19.2. The number of aromatic amines is 1. The molecule has 0 aliphatic heterocycles. The zero-order chi connectivity index (χ0) is 24.4. The van der Waals surface area contributed by atoms with Crippen molar-refractivity contribution in [1.82, 2.24) is 20.2 Å². The van der Waals surface area contributed by atoms with E-state index in [1.165, 1.54) is 5.56 Å². The molecule has 10 heteroatoms. The number of aryl methyl sites for hydroxylation is 1. The lowest BCUT2D eigenvalue weighted by molar-refractivity contribution is -0.138. The molecule has 1 aliphatic carbocycles. The van der Waals surface area contributed by atoms with E-state index in [1.807, 2.05) is 49.4 Å². The van der Waals surface area contributed by atoms with Crippen LogP contribution >= 0.6 is 0 Å². The minimum absolute atomic E-state index is 0.111. The number of imidazole rings is 1. The van der Waals surface area contributed by atoms with Crippen LogP contribution in [0.2, 0.25) is 0 Å². The summed E-state index contributed by atoms with van der Waals surface area (Å²) < 4.78 is 5.48. The van der Waals surface area contributed by atoms with Crippen molar-refractivity contribution in [3.8, 4) is 0 Å². The SMILES string of the molecule is Cc1nc2ccc(Nc3nnc(C(=O)Nc4ccc([C@H]5CC[C@H](CC(=O)O)CC5)cc4)o3)cc2[nH]1. The number of fused-ring (bicyclic) bond motifs is 1. The standard InChI is InChI=1S/C25H26N6O4/c1-14-26-20-11-10-19(13-21(20)27-14)29-25-31-30-24(35-25)23(34)28-18-8-6-17(7-9-18)16-4-2-15(3-5-16)12-22(32)33/h6-11,13,15-16H,2-5,12H2,1H3,(H,26,27)(H,28,34)(H,29,31)(H,32,33)/t15-,16-. The van der Waals surface area contributed by atoms with Gasteiger partial charge in [-0.2, -0.15) is 0 Å². The fraction of sp³-hybridized carbons (Fsp3) is 0.320. The Morgan fingerprint density at radius 2 is 1.80 bits per heavy atom. The fourth-order valence-corrected chi connectivity index (χ4v) is 4.67. The van der Waals surface area contributed by atoms with Gasteiger partial charge in [0.05, 0.1) is 11.0 Å². The van der Waals surface area contributed by atoms with Crippen LogP contribution in [0.1, 0.15) is 60.1 Å². The molecule has 2 aromatic carbocycles. The highest BCUT2D eigenvalue weighted by Gasteiger charge is 2.24. The van der Waals surface area contributed by atoms with Crippen LogP contribution in [-0.4, -0.2) is 37.1 Å². The molecule has 2 aromatic heterocycles. The van der Waals surface area contributed by atoms with Gasteiger partial charge in [0.1, 0.15) is 5.82 Å². The molecule has 1 saturated carbocycles. The number of carbonyl (C=O) groups excluding carboxylic acids is 1. The molecule has 180 valence electrons. The summed E-state index contributed by atoms with van der Waals surface area (Å²) in [5, 5.41) is 22.5. The second-order valence-corrected chi connectivity index (χ2v) is 8.98. The van der Waals surface area contributed by atoms with Crippen molar-refractivity contribution in [1.29, 1.82) is 0 Å². The van der Waals surface area contributed by atoms with E-state index < -0.39 is 11.9 Å². The molecule has 0 spiro atoms. The largest absolute Gasteiger partial charge is 0.481 e. The van der Waals surface area contributed by atoms with Crippen molar-refractivity contribution >= 4 is 40.3 Å². The molecule has 5 rings (SSSR count). The highest BCUT2D eigenvalue weighted by Crippen LogP contribution is 2.37. The Labute approximate surface area is 201 Å². The summed E-state index contributed by atoms with van der Waals surface area (Å²) >= 11 is 0. The maximum Gasteiger partial charge on any atom is 0.320 e. The van der Waals surface area contributed by atoms with Crippen molar-refractivity contribution in [2.75, 3.05) is 10.6 Å². The Morgan fingerprint density at radius 3 is 2.54 bits per heavy atom. The maximum atomic E-state index is 12.6. The van der Waals surface area contributed by atoms with Crippen LogP contribution in [0.5, 0.6) is 0 Å². The number of aromatic nitrogens is 4. The first-order chi connectivity index (χ1) is 16.9. The topological polar surface area (TPSA) is 146 Å². The number of rotatable bonds is 7. The highest BCUT2D eigenvalue weighted by atomic mass is 16.4. The van der Waals surface area contributed by atoms with E-state index in [9.17, 15) is 9.59 Å². The predicted molar refractivity (Wildman–Crippen MR) is 130 cm³/mol. The Bertz CT molecular complexity index is 1350. The van der Waals surface area contributed by atoms with E-state index in [2.05, 4.69) is 30.8 Å². The smallest absolute Gasteiger partial charge is 0.320 e. The molecular weight excluding hydrogens is 448 g/mol. The summed E-state index contributed by atoms with van der Waals surface area (Å²) in [5.74, 6) is 0.153. The Morgan fingerprint density at radius 1 is 1.06 bits per heavy atom. The molecule has 0 unspecified atom stereocenters. The third kappa shape index (κ3) is 5.32. The normalized spacial score (nSPS) is 17.9. The Hall–Kier alpha value is -4.21. The van der Waals surface area contributed by atoms with Gasteiger partial charge in [0.2, 0.25) is 0 Å². The van der Waals surface area contributed by atoms with Crippen LogP contribution in [-0.2, 0) is 4.79 Å². The van der Waals surface area contributed by atoms with Gasteiger partial charge in [-0.05, 0) is 80.3 Å². The van der Waals surface area contributed by atoms with Gasteiger partial charge < -0.3 is 25.1 Å². The number of aliphatic carboxylic acids is 1. The van der Waals surface area contributed by atoms with Gasteiger partial charge >= 0.3 is 23.8 Å². The lowest BCUT2D eigenvalue weighted by atomic mass is 9.77. The van der Waals surface area contributed by atoms with Crippen molar-refractivity contribution in [2.45, 2.75) is 44.9 Å². The molecular formula is C25H26N6O4. The summed E-state index contributed by atoms with van der Waals surface area (Å²) in [6.45, 7) is 1.89. The Balaban J connectivity index is 1.17. The first-order valence-corrected chi connectivity index (χ1v) is 11.6. The highest BCUT2D eigenvalue weighted by molar-refractivity contribution is 6.00. The van der Waals surface area contributed by atoms with Crippen LogP contribution < -0.4 is 10.6 Å².